The molecule has 1 aliphatic carbocycles. The zero-order valence-corrected chi connectivity index (χ0v) is 10.4. The molecule has 2 aromatic carbocycles. The highest BCUT2D eigenvalue weighted by Crippen LogP contribution is 2.34. The van der Waals surface area contributed by atoms with Crippen LogP contribution in [0.2, 0.25) is 0 Å². The lowest BCUT2D eigenvalue weighted by Gasteiger charge is -2.21. The van der Waals surface area contributed by atoms with Gasteiger partial charge in [-0.05, 0) is 66.1 Å². The van der Waals surface area contributed by atoms with Crippen LogP contribution in [0.1, 0.15) is 24.0 Å². The molecular weight excluding hydrogens is 220 g/mol. The quantitative estimate of drug-likeness (QED) is 0.748. The summed E-state index contributed by atoms with van der Waals surface area (Å²) in [6, 6.07) is 12.3. The SMILES string of the molecule is Nc1ccc(-c2ccc(N)c3c2CCCC3)cc1. The third kappa shape index (κ3) is 1.84. The van der Waals surface area contributed by atoms with Crippen LogP contribution in [-0.4, -0.2) is 0 Å². The van der Waals surface area contributed by atoms with Crippen LogP contribution >= 0.6 is 0 Å². The summed E-state index contributed by atoms with van der Waals surface area (Å²) in [6.45, 7) is 0. The summed E-state index contributed by atoms with van der Waals surface area (Å²) in [5, 5.41) is 0. The molecule has 2 aromatic rings. The summed E-state index contributed by atoms with van der Waals surface area (Å²) in [5.74, 6) is 0. The first kappa shape index (κ1) is 11.1. The number of benzene rings is 2. The van der Waals surface area contributed by atoms with E-state index in [0.717, 1.165) is 24.2 Å². The summed E-state index contributed by atoms with van der Waals surface area (Å²) in [5.41, 5.74) is 18.9. The van der Waals surface area contributed by atoms with Crippen LogP contribution in [0.4, 0.5) is 11.4 Å². The van der Waals surface area contributed by atoms with Gasteiger partial charge in [-0.25, -0.2) is 0 Å². The Labute approximate surface area is 108 Å². The van der Waals surface area contributed by atoms with Crippen LogP contribution in [0.5, 0.6) is 0 Å². The Kier molecular flexibility index (Phi) is 2.71. The number of nitrogens with two attached hydrogens (primary N) is 2. The van der Waals surface area contributed by atoms with Crippen molar-refractivity contribution < 1.29 is 0 Å². The van der Waals surface area contributed by atoms with Crippen LogP contribution in [0, 0.1) is 0 Å². The Bertz CT molecular complexity index is 570. The zero-order chi connectivity index (χ0) is 12.5. The van der Waals surface area contributed by atoms with E-state index in [2.05, 4.69) is 18.2 Å². The smallest absolute Gasteiger partial charge is 0.0349 e. The van der Waals surface area contributed by atoms with Gasteiger partial charge in [-0.1, -0.05) is 18.2 Å². The molecule has 4 N–H and O–H groups in total. The highest BCUT2D eigenvalue weighted by molar-refractivity contribution is 5.74. The number of fused-ring (bicyclic) bond motifs is 1. The number of hydrogen-bond acceptors (Lipinski definition) is 2. The van der Waals surface area contributed by atoms with Crippen molar-refractivity contribution in [3.63, 3.8) is 0 Å². The van der Waals surface area contributed by atoms with Gasteiger partial charge in [0, 0.05) is 11.4 Å². The number of rotatable bonds is 1. The molecule has 2 heteroatoms. The van der Waals surface area contributed by atoms with Crippen molar-refractivity contribution in [3.05, 3.63) is 47.5 Å². The fraction of sp³-hybridized carbons (Fsp3) is 0.250. The number of nitrogen functional groups attached to an aromatic ring is 2. The standard InChI is InChI=1S/C16H18N2/c17-12-7-5-11(6-8-12)13-9-10-16(18)15-4-2-1-3-14(13)15/h5-10H,1-4,17-18H2. The van der Waals surface area contributed by atoms with Crippen LogP contribution in [0.3, 0.4) is 0 Å². The predicted octanol–water partition coefficient (Wildman–Crippen LogP) is 3.40. The van der Waals surface area contributed by atoms with Crippen molar-refractivity contribution in [1.29, 1.82) is 0 Å². The summed E-state index contributed by atoms with van der Waals surface area (Å²) in [4.78, 5) is 0. The van der Waals surface area contributed by atoms with E-state index in [0.29, 0.717) is 0 Å². The summed E-state index contributed by atoms with van der Waals surface area (Å²) in [6.07, 6.45) is 4.77. The van der Waals surface area contributed by atoms with Gasteiger partial charge in [-0.15, -0.1) is 0 Å². The minimum absolute atomic E-state index is 0.808. The molecule has 0 spiro atoms. The Morgan fingerprint density at radius 1 is 0.722 bits per heavy atom. The van der Waals surface area contributed by atoms with E-state index in [1.165, 1.54) is 35.1 Å². The molecule has 0 atom stereocenters. The van der Waals surface area contributed by atoms with Gasteiger partial charge in [-0.2, -0.15) is 0 Å². The summed E-state index contributed by atoms with van der Waals surface area (Å²) in [7, 11) is 0. The van der Waals surface area contributed by atoms with Crippen LogP contribution in [-0.2, 0) is 12.8 Å². The minimum Gasteiger partial charge on any atom is -0.399 e. The van der Waals surface area contributed by atoms with Crippen molar-refractivity contribution in [1.82, 2.24) is 0 Å². The van der Waals surface area contributed by atoms with E-state index in [9.17, 15) is 0 Å². The lowest BCUT2D eigenvalue weighted by molar-refractivity contribution is 0.688. The van der Waals surface area contributed by atoms with E-state index in [-0.39, 0.29) is 0 Å². The monoisotopic (exact) mass is 238 g/mol. The minimum atomic E-state index is 0.808. The van der Waals surface area contributed by atoms with Crippen molar-refractivity contribution in [2.24, 2.45) is 0 Å². The largest absolute Gasteiger partial charge is 0.399 e. The van der Waals surface area contributed by atoms with Gasteiger partial charge < -0.3 is 11.5 Å². The first-order valence-electron chi connectivity index (χ1n) is 6.52. The summed E-state index contributed by atoms with van der Waals surface area (Å²) >= 11 is 0. The number of anilines is 2. The second-order valence-electron chi connectivity index (χ2n) is 4.99. The second kappa shape index (κ2) is 4.37. The van der Waals surface area contributed by atoms with Crippen molar-refractivity contribution >= 4 is 11.4 Å². The van der Waals surface area contributed by atoms with Gasteiger partial charge in [0.2, 0.25) is 0 Å². The molecule has 0 saturated carbocycles. The van der Waals surface area contributed by atoms with Crippen molar-refractivity contribution in [2.45, 2.75) is 25.7 Å². The zero-order valence-electron chi connectivity index (χ0n) is 10.4. The molecule has 1 aliphatic rings. The predicted molar refractivity (Wildman–Crippen MR) is 77.3 cm³/mol. The van der Waals surface area contributed by atoms with Gasteiger partial charge in [0.05, 0.1) is 0 Å². The molecule has 0 radical (unpaired) electrons. The topological polar surface area (TPSA) is 52.0 Å². The van der Waals surface area contributed by atoms with E-state index in [4.69, 9.17) is 11.5 Å². The molecule has 0 amide bonds. The van der Waals surface area contributed by atoms with E-state index in [1.54, 1.807) is 0 Å². The highest BCUT2D eigenvalue weighted by Gasteiger charge is 2.16. The molecule has 0 saturated heterocycles. The Balaban J connectivity index is 2.15. The lowest BCUT2D eigenvalue weighted by atomic mass is 9.85. The molecule has 92 valence electrons. The van der Waals surface area contributed by atoms with Gasteiger partial charge in [0.1, 0.15) is 0 Å². The number of hydrogen-bond donors (Lipinski definition) is 2. The molecule has 2 nitrogen and oxygen atoms in total. The third-order valence-electron chi connectivity index (χ3n) is 3.79. The molecule has 18 heavy (non-hydrogen) atoms. The Morgan fingerprint density at radius 2 is 1.39 bits per heavy atom. The van der Waals surface area contributed by atoms with Crippen LogP contribution < -0.4 is 11.5 Å². The van der Waals surface area contributed by atoms with Gasteiger partial charge in [0.25, 0.3) is 0 Å². The average Bonchev–Trinajstić information content (AvgIpc) is 2.41. The first-order valence-corrected chi connectivity index (χ1v) is 6.52. The molecule has 0 heterocycles. The molecule has 0 aliphatic heterocycles. The second-order valence-corrected chi connectivity index (χ2v) is 4.99. The molecule has 0 aromatic heterocycles. The molecule has 0 fully saturated rings. The fourth-order valence-corrected chi connectivity index (χ4v) is 2.83. The maximum absolute atomic E-state index is 6.09. The van der Waals surface area contributed by atoms with Gasteiger partial charge >= 0.3 is 0 Å². The molecule has 0 unspecified atom stereocenters. The Morgan fingerprint density at radius 3 is 2.11 bits per heavy atom. The Hall–Kier alpha value is -1.96. The van der Waals surface area contributed by atoms with E-state index >= 15 is 0 Å². The van der Waals surface area contributed by atoms with E-state index < -0.39 is 0 Å². The van der Waals surface area contributed by atoms with Crippen molar-refractivity contribution in [2.75, 3.05) is 11.5 Å². The third-order valence-corrected chi connectivity index (χ3v) is 3.79. The lowest BCUT2D eigenvalue weighted by Crippen LogP contribution is -2.07. The van der Waals surface area contributed by atoms with Gasteiger partial charge in [-0.3, -0.25) is 0 Å². The average molecular weight is 238 g/mol. The van der Waals surface area contributed by atoms with Crippen molar-refractivity contribution in [3.8, 4) is 11.1 Å². The molecular formula is C16H18N2. The fourth-order valence-electron chi connectivity index (χ4n) is 2.83. The molecule has 0 bridgehead atoms. The van der Waals surface area contributed by atoms with Crippen LogP contribution in [0.25, 0.3) is 11.1 Å². The van der Waals surface area contributed by atoms with Crippen LogP contribution in [0.15, 0.2) is 36.4 Å². The first-order chi connectivity index (χ1) is 8.75. The summed E-state index contributed by atoms with van der Waals surface area (Å²) < 4.78 is 0. The maximum atomic E-state index is 6.09. The normalized spacial score (nSPS) is 14.2. The molecule has 3 rings (SSSR count). The maximum Gasteiger partial charge on any atom is 0.0349 e. The van der Waals surface area contributed by atoms with E-state index in [1.807, 2.05) is 18.2 Å². The highest BCUT2D eigenvalue weighted by atomic mass is 14.6. The van der Waals surface area contributed by atoms with Gasteiger partial charge in [0.15, 0.2) is 0 Å².